The van der Waals surface area contributed by atoms with Gasteiger partial charge in [-0.2, -0.15) is 0 Å². The van der Waals surface area contributed by atoms with Gasteiger partial charge in [0.2, 0.25) is 0 Å². The second kappa shape index (κ2) is 20.0. The monoisotopic (exact) mass is 723 g/mol. The largest absolute Gasteiger partial charge is 0.462 e. The number of unbranched alkanes of at least 4 members (excludes halogenated alkanes) is 12. The standard InChI is InChI=1S/C48H82O4/c1-37(2)23-22-24-38(3)39-28-32-48(8)41-26-27-42-45(4,5)43(30-31-46(42,6)40(41)29-33-47(39,48)7)52-44(50)25-20-18-16-14-12-10-9-11-13-15-17-19-21-35-51-36-34-49/h23,26,29,38-39,42-43,49H,9-22,24-25,27-28,30-36H2,1-8H3/t38?,39?,42-,43?,46?,47?,48-/m0/s1. The summed E-state index contributed by atoms with van der Waals surface area (Å²) in [6.07, 6.45) is 34.4. The second-order valence-corrected chi connectivity index (χ2v) is 19.4. The summed E-state index contributed by atoms with van der Waals surface area (Å²) >= 11 is 0. The molecule has 0 spiro atoms. The van der Waals surface area contributed by atoms with Crippen LogP contribution in [0.25, 0.3) is 0 Å². The molecule has 2 saturated carbocycles. The lowest BCUT2D eigenvalue weighted by Crippen LogP contribution is -2.55. The minimum atomic E-state index is -0.0412. The lowest BCUT2D eigenvalue weighted by molar-refractivity contribution is -0.168. The fraction of sp³-hybridized carbons (Fsp3) is 0.854. The molecular formula is C48H82O4. The summed E-state index contributed by atoms with van der Waals surface area (Å²) in [6, 6.07) is 0. The maximum atomic E-state index is 13.2. The van der Waals surface area contributed by atoms with Gasteiger partial charge in [0.05, 0.1) is 13.2 Å². The molecule has 0 heterocycles. The normalized spacial score (nSPS) is 31.1. The first kappa shape index (κ1) is 43.3. The summed E-state index contributed by atoms with van der Waals surface area (Å²) in [7, 11) is 0. The molecule has 0 amide bonds. The van der Waals surface area contributed by atoms with Crippen LogP contribution in [0, 0.1) is 39.4 Å². The van der Waals surface area contributed by atoms with Gasteiger partial charge in [-0.05, 0) is 123 Å². The number of hydrogen-bond acceptors (Lipinski definition) is 4. The van der Waals surface area contributed by atoms with E-state index in [1.807, 2.05) is 0 Å². The zero-order chi connectivity index (χ0) is 37.8. The van der Waals surface area contributed by atoms with E-state index in [-0.39, 0.29) is 34.9 Å². The number of carbonyl (C=O) groups excluding carboxylic acids is 1. The van der Waals surface area contributed by atoms with Crippen LogP contribution in [-0.2, 0) is 14.3 Å². The molecule has 0 aromatic carbocycles. The van der Waals surface area contributed by atoms with Gasteiger partial charge in [0, 0.05) is 18.4 Å². The van der Waals surface area contributed by atoms with E-state index >= 15 is 0 Å². The Morgan fingerprint density at radius 1 is 0.827 bits per heavy atom. The van der Waals surface area contributed by atoms with Gasteiger partial charge >= 0.3 is 5.97 Å². The van der Waals surface area contributed by atoms with Gasteiger partial charge in [-0.15, -0.1) is 0 Å². The maximum absolute atomic E-state index is 13.2. The van der Waals surface area contributed by atoms with Crippen molar-refractivity contribution in [1.82, 2.24) is 0 Å². The minimum Gasteiger partial charge on any atom is -0.462 e. The Hall–Kier alpha value is -1.39. The number of carbonyl (C=O) groups is 1. The number of hydrogen-bond donors (Lipinski definition) is 1. The summed E-state index contributed by atoms with van der Waals surface area (Å²) in [5.41, 5.74) is 5.50. The first-order valence-corrected chi connectivity index (χ1v) is 22.2. The molecule has 5 unspecified atom stereocenters. The fourth-order valence-electron chi connectivity index (χ4n) is 11.8. The molecule has 0 radical (unpaired) electrons. The number of ether oxygens (including phenoxy) is 2. The molecule has 4 aliphatic carbocycles. The number of esters is 1. The van der Waals surface area contributed by atoms with E-state index in [0.717, 1.165) is 57.0 Å². The molecule has 2 fully saturated rings. The third kappa shape index (κ3) is 10.3. The summed E-state index contributed by atoms with van der Waals surface area (Å²) in [5, 5.41) is 8.73. The van der Waals surface area contributed by atoms with Crippen molar-refractivity contribution in [2.75, 3.05) is 19.8 Å². The van der Waals surface area contributed by atoms with E-state index in [0.29, 0.717) is 24.4 Å². The maximum Gasteiger partial charge on any atom is 0.306 e. The molecule has 0 saturated heterocycles. The van der Waals surface area contributed by atoms with E-state index in [2.05, 4.69) is 73.6 Å². The summed E-state index contributed by atoms with van der Waals surface area (Å²) in [6.45, 7) is 21.0. The van der Waals surface area contributed by atoms with Gasteiger partial charge in [0.15, 0.2) is 0 Å². The zero-order valence-corrected chi connectivity index (χ0v) is 35.4. The molecule has 4 heteroatoms. The van der Waals surface area contributed by atoms with Crippen molar-refractivity contribution in [3.8, 4) is 0 Å². The van der Waals surface area contributed by atoms with Gasteiger partial charge in [-0.25, -0.2) is 0 Å². The first-order chi connectivity index (χ1) is 24.8. The highest BCUT2D eigenvalue weighted by Gasteiger charge is 2.63. The Kier molecular flexibility index (Phi) is 16.6. The average molecular weight is 723 g/mol. The van der Waals surface area contributed by atoms with E-state index < -0.39 is 0 Å². The van der Waals surface area contributed by atoms with Gasteiger partial charge in [0.25, 0.3) is 0 Å². The predicted molar refractivity (Wildman–Crippen MR) is 219 cm³/mol. The van der Waals surface area contributed by atoms with E-state index in [9.17, 15) is 4.79 Å². The topological polar surface area (TPSA) is 55.8 Å². The zero-order valence-electron chi connectivity index (χ0n) is 35.4. The Labute approximate surface area is 321 Å². The third-order valence-corrected chi connectivity index (χ3v) is 15.3. The van der Waals surface area contributed by atoms with Gasteiger partial charge in [-0.1, -0.05) is 136 Å². The van der Waals surface area contributed by atoms with E-state index in [1.54, 1.807) is 11.1 Å². The SMILES string of the molecule is CC(C)=CCCC(C)C1CC[C@@]2(C)C3=CC[C@@H]4C(C)(CCC(OC(=O)CCCCCCCCCCCCCCCOCCO)C4(C)C)C3=CCC12C. The van der Waals surface area contributed by atoms with Crippen LogP contribution in [0.1, 0.15) is 197 Å². The van der Waals surface area contributed by atoms with E-state index in [1.165, 1.54) is 102 Å². The molecule has 0 aromatic rings. The molecule has 0 bridgehead atoms. The van der Waals surface area contributed by atoms with Crippen molar-refractivity contribution in [3.63, 3.8) is 0 Å². The molecule has 0 aliphatic heterocycles. The Morgan fingerprint density at radius 2 is 1.44 bits per heavy atom. The number of rotatable bonds is 23. The van der Waals surface area contributed by atoms with Crippen molar-refractivity contribution >= 4 is 5.97 Å². The van der Waals surface area contributed by atoms with Crippen LogP contribution in [0.3, 0.4) is 0 Å². The van der Waals surface area contributed by atoms with Crippen LogP contribution in [0.5, 0.6) is 0 Å². The molecule has 0 aromatic heterocycles. The molecule has 298 valence electrons. The van der Waals surface area contributed by atoms with Crippen LogP contribution in [0.2, 0.25) is 0 Å². The van der Waals surface area contributed by atoms with Crippen molar-refractivity contribution < 1.29 is 19.4 Å². The minimum absolute atomic E-state index is 0.0153. The lowest BCUT2D eigenvalue weighted by Gasteiger charge is -2.61. The highest BCUT2D eigenvalue weighted by Crippen LogP contribution is 2.72. The highest BCUT2D eigenvalue weighted by atomic mass is 16.5. The molecular weight excluding hydrogens is 641 g/mol. The third-order valence-electron chi connectivity index (χ3n) is 15.3. The fourth-order valence-corrected chi connectivity index (χ4v) is 11.8. The highest BCUT2D eigenvalue weighted by molar-refractivity contribution is 5.69. The summed E-state index contributed by atoms with van der Waals surface area (Å²) in [4.78, 5) is 13.2. The molecule has 4 rings (SSSR count). The number of fused-ring (bicyclic) bond motifs is 5. The van der Waals surface area contributed by atoms with Crippen LogP contribution in [0.15, 0.2) is 34.9 Å². The Morgan fingerprint density at radius 3 is 2.06 bits per heavy atom. The molecule has 4 nitrogen and oxygen atoms in total. The van der Waals surface area contributed by atoms with Gasteiger partial charge in [-0.3, -0.25) is 4.79 Å². The quantitative estimate of drug-likeness (QED) is 0.0648. The van der Waals surface area contributed by atoms with Crippen LogP contribution >= 0.6 is 0 Å². The van der Waals surface area contributed by atoms with Crippen LogP contribution in [-0.4, -0.2) is 37.0 Å². The molecule has 4 aliphatic rings. The Bertz CT molecular complexity index is 1210. The predicted octanol–water partition coefficient (Wildman–Crippen LogP) is 13.3. The van der Waals surface area contributed by atoms with Gasteiger partial charge in [0.1, 0.15) is 6.10 Å². The average Bonchev–Trinajstić information content (AvgIpc) is 3.38. The number of allylic oxidation sites excluding steroid dienone is 6. The second-order valence-electron chi connectivity index (χ2n) is 19.4. The smallest absolute Gasteiger partial charge is 0.306 e. The van der Waals surface area contributed by atoms with Crippen molar-refractivity contribution in [2.45, 2.75) is 203 Å². The van der Waals surface area contributed by atoms with Crippen LogP contribution < -0.4 is 0 Å². The van der Waals surface area contributed by atoms with E-state index in [4.69, 9.17) is 14.6 Å². The van der Waals surface area contributed by atoms with Crippen LogP contribution in [0.4, 0.5) is 0 Å². The van der Waals surface area contributed by atoms with Crippen molar-refractivity contribution in [1.29, 1.82) is 0 Å². The van der Waals surface area contributed by atoms with Crippen molar-refractivity contribution in [3.05, 3.63) is 34.9 Å². The molecule has 1 N–H and O–H groups in total. The molecule has 52 heavy (non-hydrogen) atoms. The first-order valence-electron chi connectivity index (χ1n) is 22.2. The molecule has 7 atom stereocenters. The number of aliphatic hydroxyl groups excluding tert-OH is 1. The summed E-state index contributed by atoms with van der Waals surface area (Å²) < 4.78 is 11.7. The van der Waals surface area contributed by atoms with Crippen molar-refractivity contribution in [2.24, 2.45) is 39.4 Å². The Balaban J connectivity index is 1.17. The van der Waals surface area contributed by atoms with Gasteiger partial charge < -0.3 is 14.6 Å². The summed E-state index contributed by atoms with van der Waals surface area (Å²) in [5.74, 6) is 2.07. The number of aliphatic hydroxyl groups is 1. The lowest BCUT2D eigenvalue weighted by atomic mass is 9.44.